The van der Waals surface area contributed by atoms with Gasteiger partial charge in [0.2, 0.25) is 5.91 Å². The molecule has 0 aliphatic rings. The molecule has 0 aromatic heterocycles. The van der Waals surface area contributed by atoms with Crippen molar-refractivity contribution in [3.8, 4) is 0 Å². The highest BCUT2D eigenvalue weighted by Crippen LogP contribution is 1.99. The highest BCUT2D eigenvalue weighted by molar-refractivity contribution is 5.83. The summed E-state index contributed by atoms with van der Waals surface area (Å²) in [6.07, 6.45) is -0.412. The van der Waals surface area contributed by atoms with E-state index in [2.05, 4.69) is 0 Å². The molecule has 0 saturated carbocycles. The van der Waals surface area contributed by atoms with Gasteiger partial charge in [-0.15, -0.1) is 0 Å². The van der Waals surface area contributed by atoms with E-state index in [-0.39, 0.29) is 6.54 Å². The summed E-state index contributed by atoms with van der Waals surface area (Å²) in [5, 5.41) is 18.0. The van der Waals surface area contributed by atoms with Gasteiger partial charge in [-0.1, -0.05) is 0 Å². The largest absolute Gasteiger partial charge is 0.759 e. The topological polar surface area (TPSA) is 115 Å². The number of amides is 1. The number of hydrogen-bond donors (Lipinski definition) is 3. The zero-order valence-electron chi connectivity index (χ0n) is 5.74. The predicted molar refractivity (Wildman–Crippen MR) is 36.3 cm³/mol. The van der Waals surface area contributed by atoms with Crippen molar-refractivity contribution in [2.24, 2.45) is 11.7 Å². The molecule has 0 aliphatic carbocycles. The molecule has 64 valence electrons. The Morgan fingerprint density at radius 1 is 1.64 bits per heavy atom. The Morgan fingerprint density at radius 3 is 2.45 bits per heavy atom. The molecule has 0 bridgehead atoms. The van der Waals surface area contributed by atoms with Crippen LogP contribution in [-0.4, -0.2) is 23.5 Å². The number of rotatable bonds is 4. The SMILES string of the molecule is NCC(CC(=O)O)C(=O)N[O-]. The number of nitrogens with one attached hydrogen (secondary N) is 1. The van der Waals surface area contributed by atoms with Crippen LogP contribution in [0.15, 0.2) is 0 Å². The lowest BCUT2D eigenvalue weighted by molar-refractivity contribution is -0.140. The molecule has 0 saturated heterocycles. The lowest BCUT2D eigenvalue weighted by Crippen LogP contribution is -2.33. The standard InChI is InChI=1S/C5H9N2O4/c6-2-3(1-4(8)9)5(10)7-11/h3H,1-2,6H2,(H2-,7,8,9,10,11)/q-1. The molecule has 0 aromatic carbocycles. The van der Waals surface area contributed by atoms with Crippen molar-refractivity contribution >= 4 is 11.9 Å². The van der Waals surface area contributed by atoms with Crippen LogP contribution in [0.2, 0.25) is 0 Å². The first-order chi connectivity index (χ1) is 5.11. The summed E-state index contributed by atoms with van der Waals surface area (Å²) in [5.41, 5.74) is 6.12. The van der Waals surface area contributed by atoms with E-state index in [4.69, 9.17) is 10.8 Å². The van der Waals surface area contributed by atoms with Gasteiger partial charge in [0.25, 0.3) is 0 Å². The van der Waals surface area contributed by atoms with E-state index < -0.39 is 24.2 Å². The lowest BCUT2D eigenvalue weighted by Gasteiger charge is -2.14. The molecule has 11 heavy (non-hydrogen) atoms. The van der Waals surface area contributed by atoms with Gasteiger partial charge in [0.05, 0.1) is 12.3 Å². The van der Waals surface area contributed by atoms with E-state index in [0.717, 1.165) is 5.48 Å². The van der Waals surface area contributed by atoms with Gasteiger partial charge in [-0.2, -0.15) is 0 Å². The van der Waals surface area contributed by atoms with Crippen molar-refractivity contribution in [3.63, 3.8) is 0 Å². The van der Waals surface area contributed by atoms with E-state index in [1.165, 1.54) is 0 Å². The molecule has 4 N–H and O–H groups in total. The highest BCUT2D eigenvalue weighted by atomic mass is 16.5. The van der Waals surface area contributed by atoms with Gasteiger partial charge >= 0.3 is 5.97 Å². The molecule has 0 spiro atoms. The number of hydrogen-bond acceptors (Lipinski definition) is 4. The minimum atomic E-state index is -1.15. The molecule has 6 nitrogen and oxygen atoms in total. The van der Waals surface area contributed by atoms with Crippen LogP contribution in [0.3, 0.4) is 0 Å². The smallest absolute Gasteiger partial charge is 0.304 e. The zero-order valence-corrected chi connectivity index (χ0v) is 5.74. The van der Waals surface area contributed by atoms with Gasteiger partial charge in [-0.05, 0) is 0 Å². The Bertz CT molecular complexity index is 159. The number of carbonyl (C=O) groups is 2. The first-order valence-electron chi connectivity index (χ1n) is 2.95. The number of carbonyl (C=O) groups excluding carboxylic acids is 1. The van der Waals surface area contributed by atoms with E-state index in [9.17, 15) is 14.8 Å². The Hall–Kier alpha value is -1.14. The maximum absolute atomic E-state index is 10.5. The minimum absolute atomic E-state index is 0.139. The van der Waals surface area contributed by atoms with Gasteiger partial charge in [-0.25, -0.2) is 0 Å². The zero-order chi connectivity index (χ0) is 8.85. The summed E-state index contributed by atoms with van der Waals surface area (Å²) in [6.45, 7) is -0.139. The number of carboxylic acids is 1. The first-order valence-corrected chi connectivity index (χ1v) is 2.95. The molecule has 1 amide bonds. The van der Waals surface area contributed by atoms with Crippen LogP contribution < -0.4 is 11.2 Å². The summed E-state index contributed by atoms with van der Waals surface area (Å²) in [7, 11) is 0. The number of nitrogens with two attached hydrogens (primary N) is 1. The van der Waals surface area contributed by atoms with Gasteiger partial charge < -0.3 is 21.5 Å². The average Bonchev–Trinajstić information content (AvgIpc) is 1.98. The number of aliphatic carboxylic acids is 1. The van der Waals surface area contributed by atoms with Crippen LogP contribution in [0.1, 0.15) is 6.42 Å². The highest BCUT2D eigenvalue weighted by Gasteiger charge is 2.17. The van der Waals surface area contributed by atoms with Crippen LogP contribution in [-0.2, 0) is 9.59 Å². The van der Waals surface area contributed by atoms with Crippen LogP contribution in [0, 0.1) is 11.1 Å². The van der Waals surface area contributed by atoms with Gasteiger partial charge in [-0.3, -0.25) is 9.59 Å². The summed E-state index contributed by atoms with van der Waals surface area (Å²) < 4.78 is 0. The van der Waals surface area contributed by atoms with Crippen molar-refractivity contribution in [1.82, 2.24) is 5.48 Å². The molecule has 1 atom stereocenters. The van der Waals surface area contributed by atoms with Crippen LogP contribution in [0.5, 0.6) is 0 Å². The third-order valence-electron chi connectivity index (χ3n) is 1.18. The minimum Gasteiger partial charge on any atom is -0.759 e. The summed E-state index contributed by atoms with van der Waals surface area (Å²) in [5.74, 6) is -2.95. The number of carboxylic acid groups (broad SMARTS) is 1. The van der Waals surface area contributed by atoms with Crippen molar-refractivity contribution < 1.29 is 14.7 Å². The monoisotopic (exact) mass is 161 g/mol. The summed E-state index contributed by atoms with van der Waals surface area (Å²) >= 11 is 0. The Kier molecular flexibility index (Phi) is 4.16. The molecule has 0 heterocycles. The second-order valence-electron chi connectivity index (χ2n) is 2.00. The van der Waals surface area contributed by atoms with Crippen LogP contribution in [0.4, 0.5) is 0 Å². The molecular weight excluding hydrogens is 152 g/mol. The fourth-order valence-corrected chi connectivity index (χ4v) is 0.577. The molecule has 0 fully saturated rings. The molecule has 6 heteroatoms. The first kappa shape index (κ1) is 9.86. The number of hydroxylamine groups is 1. The van der Waals surface area contributed by atoms with Crippen molar-refractivity contribution in [2.75, 3.05) is 6.54 Å². The maximum atomic E-state index is 10.5. The second-order valence-corrected chi connectivity index (χ2v) is 2.00. The molecule has 0 aromatic rings. The van der Waals surface area contributed by atoms with Crippen LogP contribution in [0.25, 0.3) is 0 Å². The Morgan fingerprint density at radius 2 is 2.18 bits per heavy atom. The Labute approximate surface area is 63.0 Å². The van der Waals surface area contributed by atoms with E-state index in [1.807, 2.05) is 0 Å². The quantitative estimate of drug-likeness (QED) is 0.441. The molecule has 0 rings (SSSR count). The third-order valence-corrected chi connectivity index (χ3v) is 1.18. The van der Waals surface area contributed by atoms with Crippen molar-refractivity contribution in [2.45, 2.75) is 6.42 Å². The fourth-order valence-electron chi connectivity index (χ4n) is 0.577. The summed E-state index contributed by atoms with van der Waals surface area (Å²) in [6, 6.07) is 0. The lowest BCUT2D eigenvalue weighted by atomic mass is 10.1. The molecule has 0 aliphatic heterocycles. The molecule has 0 radical (unpaired) electrons. The van der Waals surface area contributed by atoms with Crippen molar-refractivity contribution in [3.05, 3.63) is 5.21 Å². The maximum Gasteiger partial charge on any atom is 0.304 e. The third kappa shape index (κ3) is 3.54. The van der Waals surface area contributed by atoms with Gasteiger partial charge in [0.1, 0.15) is 0 Å². The van der Waals surface area contributed by atoms with E-state index in [0.29, 0.717) is 0 Å². The van der Waals surface area contributed by atoms with Gasteiger partial charge in [0, 0.05) is 6.54 Å². The van der Waals surface area contributed by atoms with E-state index >= 15 is 0 Å². The summed E-state index contributed by atoms with van der Waals surface area (Å²) in [4.78, 5) is 20.6. The predicted octanol–water partition coefficient (Wildman–Crippen LogP) is -1.35. The normalized spacial score (nSPS) is 12.2. The molecular formula is C5H9N2O4-. The van der Waals surface area contributed by atoms with Crippen LogP contribution >= 0.6 is 0 Å². The van der Waals surface area contributed by atoms with E-state index in [1.54, 1.807) is 0 Å². The van der Waals surface area contributed by atoms with Gasteiger partial charge in [0.15, 0.2) is 0 Å². The second kappa shape index (κ2) is 4.64. The molecule has 1 unspecified atom stereocenters. The van der Waals surface area contributed by atoms with Crippen molar-refractivity contribution in [1.29, 1.82) is 0 Å². The fraction of sp³-hybridized carbons (Fsp3) is 0.600. The Balaban J connectivity index is 3.94. The average molecular weight is 161 g/mol.